The summed E-state index contributed by atoms with van der Waals surface area (Å²) in [6, 6.07) is 5.79. The van der Waals surface area contributed by atoms with Crippen LogP contribution in [0.1, 0.15) is 24.9 Å². The van der Waals surface area contributed by atoms with Crippen molar-refractivity contribution in [2.75, 3.05) is 33.5 Å². The maximum atomic E-state index is 5.92. The Morgan fingerprint density at radius 2 is 2.00 bits per heavy atom. The third-order valence-electron chi connectivity index (χ3n) is 2.58. The highest BCUT2D eigenvalue weighted by atomic mass is 79.9. The molecule has 0 bridgehead atoms. The molecule has 0 aliphatic carbocycles. The van der Waals surface area contributed by atoms with E-state index in [1.54, 1.807) is 7.11 Å². The van der Waals surface area contributed by atoms with Gasteiger partial charge in [0.25, 0.3) is 0 Å². The van der Waals surface area contributed by atoms with E-state index in [-0.39, 0.29) is 6.04 Å². The van der Waals surface area contributed by atoms with Crippen molar-refractivity contribution in [3.8, 4) is 5.75 Å². The fourth-order valence-corrected chi connectivity index (χ4v) is 2.00. The van der Waals surface area contributed by atoms with Crippen molar-refractivity contribution in [1.29, 1.82) is 0 Å². The van der Waals surface area contributed by atoms with Gasteiger partial charge in [-0.25, -0.2) is 0 Å². The lowest BCUT2D eigenvalue weighted by Gasteiger charge is -2.14. The van der Waals surface area contributed by atoms with E-state index < -0.39 is 0 Å². The summed E-state index contributed by atoms with van der Waals surface area (Å²) in [4.78, 5) is 0. The first-order valence-corrected chi connectivity index (χ1v) is 7.19. The lowest BCUT2D eigenvalue weighted by Crippen LogP contribution is -2.12. The zero-order chi connectivity index (χ0) is 14.1. The van der Waals surface area contributed by atoms with Crippen molar-refractivity contribution >= 4 is 15.9 Å². The second kappa shape index (κ2) is 9.31. The molecule has 1 aromatic carbocycles. The molecule has 0 unspecified atom stereocenters. The van der Waals surface area contributed by atoms with Gasteiger partial charge in [-0.15, -0.1) is 0 Å². The Morgan fingerprint density at radius 1 is 1.21 bits per heavy atom. The summed E-state index contributed by atoms with van der Waals surface area (Å²) >= 11 is 3.43. The molecule has 0 aliphatic rings. The van der Waals surface area contributed by atoms with E-state index in [1.165, 1.54) is 0 Å². The minimum atomic E-state index is -0.0601. The van der Waals surface area contributed by atoms with Crippen LogP contribution in [0.4, 0.5) is 0 Å². The Kier molecular flexibility index (Phi) is 8.05. The number of rotatable bonds is 9. The summed E-state index contributed by atoms with van der Waals surface area (Å²) in [6.45, 7) is 4.45. The Balaban J connectivity index is 2.33. The van der Waals surface area contributed by atoms with E-state index in [2.05, 4.69) is 15.9 Å². The minimum Gasteiger partial charge on any atom is -0.491 e. The molecule has 0 saturated heterocycles. The number of nitrogens with two attached hydrogens (primary N) is 1. The normalized spacial score (nSPS) is 12.4. The summed E-state index contributed by atoms with van der Waals surface area (Å²) < 4.78 is 17.1. The number of ether oxygens (including phenoxy) is 3. The van der Waals surface area contributed by atoms with Gasteiger partial charge in [0, 0.05) is 36.4 Å². The molecular formula is C14H22BrNO3. The molecule has 0 radical (unpaired) electrons. The quantitative estimate of drug-likeness (QED) is 0.707. The van der Waals surface area contributed by atoms with E-state index in [9.17, 15) is 0 Å². The summed E-state index contributed by atoms with van der Waals surface area (Å²) in [5.41, 5.74) is 6.92. The number of hydrogen-bond acceptors (Lipinski definition) is 4. The monoisotopic (exact) mass is 331 g/mol. The summed E-state index contributed by atoms with van der Waals surface area (Å²) in [5, 5.41) is 0. The third kappa shape index (κ3) is 6.38. The average Bonchev–Trinajstić information content (AvgIpc) is 2.39. The van der Waals surface area contributed by atoms with E-state index in [4.69, 9.17) is 19.9 Å². The van der Waals surface area contributed by atoms with Crippen LogP contribution in [-0.4, -0.2) is 33.5 Å². The van der Waals surface area contributed by atoms with E-state index in [1.807, 2.05) is 25.1 Å². The lowest BCUT2D eigenvalue weighted by molar-refractivity contribution is 0.0803. The zero-order valence-electron chi connectivity index (χ0n) is 11.5. The van der Waals surface area contributed by atoms with Crippen LogP contribution >= 0.6 is 15.9 Å². The first-order chi connectivity index (χ1) is 9.15. The Hall–Kier alpha value is -0.620. The van der Waals surface area contributed by atoms with Gasteiger partial charge < -0.3 is 19.9 Å². The van der Waals surface area contributed by atoms with Gasteiger partial charge in [0.05, 0.1) is 6.61 Å². The second-order valence-electron chi connectivity index (χ2n) is 4.28. The van der Waals surface area contributed by atoms with Crippen molar-refractivity contribution in [3.05, 3.63) is 28.2 Å². The first kappa shape index (κ1) is 16.4. The van der Waals surface area contributed by atoms with Crippen molar-refractivity contribution in [2.24, 2.45) is 5.73 Å². The van der Waals surface area contributed by atoms with Gasteiger partial charge in [0.15, 0.2) is 0 Å². The number of methoxy groups -OCH3 is 1. The first-order valence-electron chi connectivity index (χ1n) is 6.39. The van der Waals surface area contributed by atoms with Crippen LogP contribution in [0, 0.1) is 0 Å². The third-order valence-corrected chi connectivity index (χ3v) is 3.08. The van der Waals surface area contributed by atoms with Gasteiger partial charge in [-0.3, -0.25) is 0 Å². The van der Waals surface area contributed by atoms with Crippen LogP contribution in [0.15, 0.2) is 22.7 Å². The molecule has 4 nitrogen and oxygen atoms in total. The van der Waals surface area contributed by atoms with E-state index in [0.29, 0.717) is 19.8 Å². The van der Waals surface area contributed by atoms with Crippen LogP contribution in [0.25, 0.3) is 0 Å². The van der Waals surface area contributed by atoms with Gasteiger partial charge in [0.2, 0.25) is 0 Å². The molecule has 19 heavy (non-hydrogen) atoms. The molecule has 0 saturated carbocycles. The smallest absolute Gasteiger partial charge is 0.124 e. The molecule has 1 rings (SSSR count). The summed E-state index contributed by atoms with van der Waals surface area (Å²) in [5.74, 6) is 0.818. The predicted molar refractivity (Wildman–Crippen MR) is 79.6 cm³/mol. The molecule has 0 aliphatic heterocycles. The highest BCUT2D eigenvalue weighted by Crippen LogP contribution is 2.27. The molecule has 0 aromatic heterocycles. The predicted octanol–water partition coefficient (Wildman–Crippen LogP) is 2.90. The minimum absolute atomic E-state index is 0.0601. The zero-order valence-corrected chi connectivity index (χ0v) is 13.1. The molecule has 1 atom stereocenters. The van der Waals surface area contributed by atoms with Crippen molar-refractivity contribution in [1.82, 2.24) is 0 Å². The fraction of sp³-hybridized carbons (Fsp3) is 0.571. The maximum Gasteiger partial charge on any atom is 0.124 e. The van der Waals surface area contributed by atoms with E-state index in [0.717, 1.165) is 28.8 Å². The van der Waals surface area contributed by atoms with E-state index >= 15 is 0 Å². The van der Waals surface area contributed by atoms with Gasteiger partial charge >= 0.3 is 0 Å². The molecule has 0 fully saturated rings. The van der Waals surface area contributed by atoms with Crippen LogP contribution in [0.2, 0.25) is 0 Å². The molecule has 1 aromatic rings. The Morgan fingerprint density at radius 3 is 2.68 bits per heavy atom. The largest absolute Gasteiger partial charge is 0.491 e. The molecule has 0 heterocycles. The standard InChI is InChI=1S/C14H22BrNO3/c1-11(16)13-10-12(15)4-5-14(13)19-9-8-18-7-3-6-17-2/h4-5,10-11H,3,6-9,16H2,1-2H3/t11-/m0/s1. The molecule has 108 valence electrons. The molecule has 5 heteroatoms. The molecular weight excluding hydrogens is 310 g/mol. The summed E-state index contributed by atoms with van der Waals surface area (Å²) in [6.07, 6.45) is 0.903. The van der Waals surface area contributed by atoms with Gasteiger partial charge in [-0.2, -0.15) is 0 Å². The second-order valence-corrected chi connectivity index (χ2v) is 5.19. The Bertz CT molecular complexity index is 372. The average molecular weight is 332 g/mol. The molecule has 0 spiro atoms. The van der Waals surface area contributed by atoms with Crippen LogP contribution in [0.5, 0.6) is 5.75 Å². The highest BCUT2D eigenvalue weighted by Gasteiger charge is 2.08. The summed E-state index contributed by atoms with van der Waals surface area (Å²) in [7, 11) is 1.69. The van der Waals surface area contributed by atoms with Gasteiger partial charge in [-0.1, -0.05) is 15.9 Å². The van der Waals surface area contributed by atoms with Crippen LogP contribution in [-0.2, 0) is 9.47 Å². The highest BCUT2D eigenvalue weighted by molar-refractivity contribution is 9.10. The van der Waals surface area contributed by atoms with Gasteiger partial charge in [-0.05, 0) is 31.5 Å². The number of halogens is 1. The molecule has 0 amide bonds. The van der Waals surface area contributed by atoms with Crippen molar-refractivity contribution < 1.29 is 14.2 Å². The number of hydrogen-bond donors (Lipinski definition) is 1. The lowest BCUT2D eigenvalue weighted by atomic mass is 10.1. The fourth-order valence-electron chi connectivity index (χ4n) is 1.62. The molecule has 2 N–H and O–H groups in total. The topological polar surface area (TPSA) is 53.7 Å². The van der Waals surface area contributed by atoms with Gasteiger partial charge in [0.1, 0.15) is 12.4 Å². The van der Waals surface area contributed by atoms with Crippen LogP contribution in [0.3, 0.4) is 0 Å². The maximum absolute atomic E-state index is 5.92. The Labute approximate surface area is 123 Å². The number of benzene rings is 1. The van der Waals surface area contributed by atoms with Crippen molar-refractivity contribution in [3.63, 3.8) is 0 Å². The van der Waals surface area contributed by atoms with Crippen molar-refractivity contribution in [2.45, 2.75) is 19.4 Å². The van der Waals surface area contributed by atoms with Crippen LogP contribution < -0.4 is 10.5 Å². The SMILES string of the molecule is COCCCOCCOc1ccc(Br)cc1[C@H](C)N.